The van der Waals surface area contributed by atoms with Crippen LogP contribution in [0.15, 0.2) is 0 Å². The summed E-state index contributed by atoms with van der Waals surface area (Å²) in [4.78, 5) is 2.44. The van der Waals surface area contributed by atoms with Gasteiger partial charge in [0.15, 0.2) is 0 Å². The average molecular weight is 213 g/mol. The molecule has 0 amide bonds. The van der Waals surface area contributed by atoms with Gasteiger partial charge in [-0.15, -0.1) is 0 Å². The molecule has 3 nitrogen and oxygen atoms in total. The van der Waals surface area contributed by atoms with E-state index in [1.54, 1.807) is 7.11 Å². The van der Waals surface area contributed by atoms with Gasteiger partial charge in [0.1, 0.15) is 0 Å². The second-order valence-corrected chi connectivity index (χ2v) is 5.29. The van der Waals surface area contributed by atoms with Gasteiger partial charge in [0.05, 0.1) is 11.7 Å². The third-order valence-electron chi connectivity index (χ3n) is 4.09. The molecule has 0 aromatic rings. The fraction of sp³-hybridized carbons (Fsp3) is 1.00. The van der Waals surface area contributed by atoms with Gasteiger partial charge in [0.25, 0.3) is 0 Å². The molecule has 2 fully saturated rings. The molecule has 2 rings (SSSR count). The molecular weight excluding hydrogens is 190 g/mol. The monoisotopic (exact) mass is 213 g/mol. The summed E-state index contributed by atoms with van der Waals surface area (Å²) in [6.07, 6.45) is 5.53. The van der Waals surface area contributed by atoms with Gasteiger partial charge in [-0.05, 0) is 45.6 Å². The second-order valence-electron chi connectivity index (χ2n) is 5.29. The average Bonchev–Trinajstić information content (AvgIpc) is 2.65. The maximum atomic E-state index is 9.90. The number of hydrogen-bond donors (Lipinski definition) is 1. The molecule has 0 aromatic heterocycles. The number of aliphatic hydroxyl groups is 1. The van der Waals surface area contributed by atoms with Crippen molar-refractivity contribution in [1.29, 1.82) is 0 Å². The number of nitrogens with zero attached hydrogens (tertiary/aromatic N) is 1. The number of likely N-dealkylation sites (tertiary alicyclic amines) is 1. The van der Waals surface area contributed by atoms with E-state index in [1.165, 1.54) is 12.8 Å². The first-order valence-electron chi connectivity index (χ1n) is 6.12. The summed E-state index contributed by atoms with van der Waals surface area (Å²) < 4.78 is 5.58. The Labute approximate surface area is 92.4 Å². The molecule has 1 saturated heterocycles. The third kappa shape index (κ3) is 2.35. The summed E-state index contributed by atoms with van der Waals surface area (Å²) in [5, 5.41) is 9.90. The highest BCUT2D eigenvalue weighted by Gasteiger charge is 2.37. The molecule has 88 valence electrons. The molecule has 0 aromatic carbocycles. The normalized spacial score (nSPS) is 43.4. The number of piperidine rings is 1. The van der Waals surface area contributed by atoms with Crippen molar-refractivity contribution in [3.05, 3.63) is 0 Å². The van der Waals surface area contributed by atoms with E-state index in [-0.39, 0.29) is 11.7 Å². The Hall–Kier alpha value is -0.120. The van der Waals surface area contributed by atoms with Crippen molar-refractivity contribution < 1.29 is 9.84 Å². The Bertz CT molecular complexity index is 222. The standard InChI is InChI=1S/C12H23NO2/c1-12(15-2)7-4-8-13(9-12)10-5-3-6-11(10)14/h10-11,14H,3-9H2,1-2H3/t10-,11-,12?/m0/s1. The summed E-state index contributed by atoms with van der Waals surface area (Å²) in [5.74, 6) is 0. The van der Waals surface area contributed by atoms with Gasteiger partial charge in [-0.1, -0.05) is 0 Å². The van der Waals surface area contributed by atoms with Gasteiger partial charge in [0, 0.05) is 19.7 Å². The largest absolute Gasteiger partial charge is 0.391 e. The fourth-order valence-electron chi connectivity index (χ4n) is 3.04. The summed E-state index contributed by atoms with van der Waals surface area (Å²) in [7, 11) is 1.80. The predicted molar refractivity (Wildman–Crippen MR) is 59.9 cm³/mol. The third-order valence-corrected chi connectivity index (χ3v) is 4.09. The van der Waals surface area contributed by atoms with E-state index >= 15 is 0 Å². The molecule has 2 aliphatic rings. The summed E-state index contributed by atoms with van der Waals surface area (Å²) in [5.41, 5.74) is 0.000556. The molecule has 0 spiro atoms. The fourth-order valence-corrected chi connectivity index (χ4v) is 3.04. The van der Waals surface area contributed by atoms with Crippen molar-refractivity contribution >= 4 is 0 Å². The van der Waals surface area contributed by atoms with Crippen LogP contribution in [-0.2, 0) is 4.74 Å². The van der Waals surface area contributed by atoms with Gasteiger partial charge in [-0.2, -0.15) is 0 Å². The Morgan fingerprint density at radius 1 is 1.33 bits per heavy atom. The van der Waals surface area contributed by atoms with E-state index < -0.39 is 0 Å². The molecule has 3 atom stereocenters. The topological polar surface area (TPSA) is 32.7 Å². The number of ether oxygens (including phenoxy) is 1. The maximum Gasteiger partial charge on any atom is 0.0777 e. The molecule has 3 heteroatoms. The van der Waals surface area contributed by atoms with Crippen LogP contribution in [0.4, 0.5) is 0 Å². The molecule has 1 unspecified atom stereocenters. The van der Waals surface area contributed by atoms with E-state index in [1.807, 2.05) is 0 Å². The van der Waals surface area contributed by atoms with E-state index in [2.05, 4.69) is 11.8 Å². The molecule has 15 heavy (non-hydrogen) atoms. The van der Waals surface area contributed by atoms with Crippen molar-refractivity contribution in [2.45, 2.75) is 56.8 Å². The molecule has 0 bridgehead atoms. The van der Waals surface area contributed by atoms with Gasteiger partial charge in [-0.25, -0.2) is 0 Å². The van der Waals surface area contributed by atoms with Crippen LogP contribution in [0.1, 0.15) is 39.0 Å². The van der Waals surface area contributed by atoms with Crippen LogP contribution in [0, 0.1) is 0 Å². The second kappa shape index (κ2) is 4.40. The summed E-state index contributed by atoms with van der Waals surface area (Å²) in [6.45, 7) is 4.28. The lowest BCUT2D eigenvalue weighted by molar-refractivity contribution is -0.0718. The zero-order chi connectivity index (χ0) is 10.9. The van der Waals surface area contributed by atoms with Crippen molar-refractivity contribution in [1.82, 2.24) is 4.90 Å². The molecular formula is C12H23NO2. The van der Waals surface area contributed by atoms with Crippen LogP contribution in [0.3, 0.4) is 0 Å². The number of aliphatic hydroxyl groups excluding tert-OH is 1. The number of hydrogen-bond acceptors (Lipinski definition) is 3. The Morgan fingerprint density at radius 3 is 2.73 bits per heavy atom. The highest BCUT2D eigenvalue weighted by atomic mass is 16.5. The Balaban J connectivity index is 1.97. The zero-order valence-electron chi connectivity index (χ0n) is 9.91. The van der Waals surface area contributed by atoms with Crippen molar-refractivity contribution in [2.75, 3.05) is 20.2 Å². The van der Waals surface area contributed by atoms with E-state index in [0.29, 0.717) is 6.04 Å². The lowest BCUT2D eigenvalue weighted by Gasteiger charge is -2.43. The van der Waals surface area contributed by atoms with E-state index in [4.69, 9.17) is 4.74 Å². The van der Waals surface area contributed by atoms with Gasteiger partial charge in [-0.3, -0.25) is 4.90 Å². The minimum atomic E-state index is -0.107. The molecule has 1 aliphatic heterocycles. The van der Waals surface area contributed by atoms with Gasteiger partial charge < -0.3 is 9.84 Å². The van der Waals surface area contributed by atoms with Crippen LogP contribution in [-0.4, -0.2) is 48.0 Å². The number of methoxy groups -OCH3 is 1. The van der Waals surface area contributed by atoms with E-state index in [0.717, 1.165) is 32.4 Å². The highest BCUT2D eigenvalue weighted by molar-refractivity contribution is 4.92. The van der Waals surface area contributed by atoms with Crippen LogP contribution < -0.4 is 0 Å². The summed E-state index contributed by atoms with van der Waals surface area (Å²) >= 11 is 0. The van der Waals surface area contributed by atoms with Crippen LogP contribution in [0.2, 0.25) is 0 Å². The quantitative estimate of drug-likeness (QED) is 0.752. The van der Waals surface area contributed by atoms with Crippen molar-refractivity contribution in [3.8, 4) is 0 Å². The molecule has 0 radical (unpaired) electrons. The summed E-state index contributed by atoms with van der Waals surface area (Å²) in [6, 6.07) is 0.389. The molecule has 1 heterocycles. The van der Waals surface area contributed by atoms with Crippen LogP contribution in [0.25, 0.3) is 0 Å². The first kappa shape index (κ1) is 11.4. The van der Waals surface area contributed by atoms with Gasteiger partial charge in [0.2, 0.25) is 0 Å². The van der Waals surface area contributed by atoms with E-state index in [9.17, 15) is 5.11 Å². The Kier molecular flexibility index (Phi) is 3.33. The van der Waals surface area contributed by atoms with Gasteiger partial charge >= 0.3 is 0 Å². The maximum absolute atomic E-state index is 9.90. The Morgan fingerprint density at radius 2 is 2.13 bits per heavy atom. The van der Waals surface area contributed by atoms with Crippen molar-refractivity contribution in [3.63, 3.8) is 0 Å². The lowest BCUT2D eigenvalue weighted by atomic mass is 9.93. The van der Waals surface area contributed by atoms with Crippen molar-refractivity contribution in [2.24, 2.45) is 0 Å². The highest BCUT2D eigenvalue weighted by Crippen LogP contribution is 2.31. The molecule has 1 N–H and O–H groups in total. The minimum absolute atomic E-state index is 0.000556. The first-order chi connectivity index (χ1) is 7.14. The molecule has 1 saturated carbocycles. The number of rotatable bonds is 2. The minimum Gasteiger partial charge on any atom is -0.391 e. The lowest BCUT2D eigenvalue weighted by Crippen LogP contribution is -2.53. The SMILES string of the molecule is COC1(C)CCCN([C@H]2CCC[C@@H]2O)C1. The van der Waals surface area contributed by atoms with Crippen LogP contribution >= 0.6 is 0 Å². The molecule has 1 aliphatic carbocycles. The smallest absolute Gasteiger partial charge is 0.0777 e. The van der Waals surface area contributed by atoms with Crippen LogP contribution in [0.5, 0.6) is 0 Å². The predicted octanol–water partition coefficient (Wildman–Crippen LogP) is 1.40. The zero-order valence-corrected chi connectivity index (χ0v) is 9.91. The first-order valence-corrected chi connectivity index (χ1v) is 6.12.